The molecule has 0 aliphatic heterocycles. The Balaban J connectivity index is 1.47. The number of aryl methyl sites for hydroxylation is 1. The van der Waals surface area contributed by atoms with Crippen LogP contribution in [0.15, 0.2) is 53.7 Å². The van der Waals surface area contributed by atoms with Crippen LogP contribution in [0.5, 0.6) is 0 Å². The summed E-state index contributed by atoms with van der Waals surface area (Å²) in [7, 11) is 1.91. The summed E-state index contributed by atoms with van der Waals surface area (Å²) < 4.78 is 0. The molecular formula is C25H35N5S. The molecule has 31 heavy (non-hydrogen) atoms. The van der Waals surface area contributed by atoms with E-state index in [9.17, 15) is 0 Å². The van der Waals surface area contributed by atoms with E-state index in [0.717, 1.165) is 60.9 Å². The molecule has 1 aromatic carbocycles. The number of hydrogen-bond acceptors (Lipinski definition) is 6. The largest absolute Gasteiger partial charge is 0.357 e. The van der Waals surface area contributed by atoms with Gasteiger partial charge in [0.05, 0.1) is 0 Å². The smallest absolute Gasteiger partial charge is 0.211 e. The van der Waals surface area contributed by atoms with Crippen molar-refractivity contribution >= 4 is 27.3 Å². The molecule has 1 aromatic heterocycles. The molecule has 1 aliphatic rings. The number of allylic oxidation sites excluding steroid dienone is 3. The van der Waals surface area contributed by atoms with Gasteiger partial charge in [0.1, 0.15) is 0 Å². The van der Waals surface area contributed by atoms with Gasteiger partial charge in [-0.25, -0.2) is 0 Å². The second-order valence-corrected chi connectivity index (χ2v) is 9.12. The van der Waals surface area contributed by atoms with Gasteiger partial charge in [0, 0.05) is 36.8 Å². The molecule has 1 heterocycles. The lowest BCUT2D eigenvalue weighted by Crippen LogP contribution is -2.28. The topological polar surface area (TPSA) is 62.2 Å². The highest BCUT2D eigenvalue weighted by Gasteiger charge is 2.24. The molecule has 1 aliphatic carbocycles. The molecule has 5 nitrogen and oxygen atoms in total. The summed E-state index contributed by atoms with van der Waals surface area (Å²) in [6, 6.07) is 9.10. The lowest BCUT2D eigenvalue weighted by atomic mass is 9.83. The van der Waals surface area contributed by atoms with E-state index in [1.807, 2.05) is 7.05 Å². The minimum absolute atomic E-state index is 0.449. The number of benzene rings is 1. The molecule has 2 N–H and O–H groups in total. The molecule has 0 spiro atoms. The predicted octanol–water partition coefficient (Wildman–Crippen LogP) is 6.28. The molecule has 0 saturated heterocycles. The van der Waals surface area contributed by atoms with Crippen LogP contribution in [-0.2, 0) is 12.8 Å². The fraction of sp³-hybridized carbons (Fsp3) is 0.480. The van der Waals surface area contributed by atoms with E-state index in [2.05, 4.69) is 82.7 Å². The number of nitrogens with zero attached hydrogens (tertiary/aromatic N) is 3. The Hall–Kier alpha value is -2.47. The van der Waals surface area contributed by atoms with Crippen molar-refractivity contribution in [2.75, 3.05) is 17.7 Å². The third-order valence-corrected chi connectivity index (χ3v) is 6.55. The molecular weight excluding hydrogens is 402 g/mol. The highest BCUT2D eigenvalue weighted by atomic mass is 32.1. The van der Waals surface area contributed by atoms with Crippen LogP contribution >= 0.6 is 11.3 Å². The van der Waals surface area contributed by atoms with E-state index in [1.54, 1.807) is 11.3 Å². The Bertz CT molecular complexity index is 906. The minimum atomic E-state index is 0.449. The molecule has 1 saturated carbocycles. The molecule has 166 valence electrons. The molecule has 0 atom stereocenters. The van der Waals surface area contributed by atoms with Crippen molar-refractivity contribution in [1.29, 1.82) is 0 Å². The van der Waals surface area contributed by atoms with Gasteiger partial charge in [-0.1, -0.05) is 62.1 Å². The van der Waals surface area contributed by atoms with Crippen LogP contribution in [0.1, 0.15) is 57.1 Å². The highest BCUT2D eigenvalue weighted by Crippen LogP contribution is 2.30. The average Bonchev–Trinajstić information content (AvgIpc) is 3.21. The van der Waals surface area contributed by atoms with Gasteiger partial charge in [0.25, 0.3) is 0 Å². The quantitative estimate of drug-likeness (QED) is 0.430. The first-order chi connectivity index (χ1) is 15.1. The van der Waals surface area contributed by atoms with Gasteiger partial charge >= 0.3 is 0 Å². The van der Waals surface area contributed by atoms with E-state index in [0.29, 0.717) is 12.0 Å². The van der Waals surface area contributed by atoms with Gasteiger partial charge in [-0.3, -0.25) is 4.99 Å². The number of aliphatic imine (C=N–C) groups is 1. The standard InChI is InChI=1S/C25H35N5S/c1-5-7-11-23(26-4)21-12-14-22(15-13-21)28-25-30-29-24(31-25)27-18(3)16-20-10-8-9-19(6-2)17-20/h7-11,17,21-22H,3,5-6,12-16H2,1-2,4H3,(H,27,29)(H,28,30)/b11-7-,26-23?. The molecule has 0 amide bonds. The zero-order chi connectivity index (χ0) is 22.1. The Morgan fingerprint density at radius 2 is 1.90 bits per heavy atom. The summed E-state index contributed by atoms with van der Waals surface area (Å²) >= 11 is 1.56. The summed E-state index contributed by atoms with van der Waals surface area (Å²) in [5.41, 5.74) is 4.79. The maximum atomic E-state index is 4.50. The molecule has 0 unspecified atom stereocenters. The van der Waals surface area contributed by atoms with Crippen LogP contribution in [0.2, 0.25) is 0 Å². The number of anilines is 2. The maximum absolute atomic E-state index is 4.50. The number of nitrogens with one attached hydrogen (secondary N) is 2. The van der Waals surface area contributed by atoms with E-state index in [1.165, 1.54) is 16.8 Å². The van der Waals surface area contributed by atoms with Gasteiger partial charge in [0.2, 0.25) is 10.3 Å². The Kier molecular flexibility index (Phi) is 8.83. The second kappa shape index (κ2) is 11.8. The predicted molar refractivity (Wildman–Crippen MR) is 134 cm³/mol. The van der Waals surface area contributed by atoms with Crippen LogP contribution in [0.4, 0.5) is 10.3 Å². The van der Waals surface area contributed by atoms with Gasteiger partial charge in [-0.15, -0.1) is 10.2 Å². The molecule has 0 bridgehead atoms. The SMILES string of the molecule is C=C(Cc1cccc(CC)c1)Nc1nnc(NC2CCC(C(/C=C\CC)=NC)CC2)s1. The summed E-state index contributed by atoms with van der Waals surface area (Å²) in [5, 5.41) is 17.2. The first-order valence-electron chi connectivity index (χ1n) is 11.4. The fourth-order valence-corrected chi connectivity index (χ4v) is 4.84. The molecule has 2 aromatic rings. The monoisotopic (exact) mass is 437 g/mol. The minimum Gasteiger partial charge on any atom is -0.357 e. The fourth-order valence-electron chi connectivity index (χ4n) is 4.07. The molecule has 6 heteroatoms. The van der Waals surface area contributed by atoms with Gasteiger partial charge in [-0.05, 0) is 55.7 Å². The zero-order valence-electron chi connectivity index (χ0n) is 19.0. The zero-order valence-corrected chi connectivity index (χ0v) is 19.8. The van der Waals surface area contributed by atoms with Gasteiger partial charge < -0.3 is 10.6 Å². The molecule has 3 rings (SSSR count). The third kappa shape index (κ3) is 7.03. The Morgan fingerprint density at radius 1 is 1.16 bits per heavy atom. The maximum Gasteiger partial charge on any atom is 0.211 e. The molecule has 1 fully saturated rings. The van der Waals surface area contributed by atoms with E-state index in [-0.39, 0.29) is 0 Å². The van der Waals surface area contributed by atoms with Crippen LogP contribution in [0.3, 0.4) is 0 Å². The second-order valence-electron chi connectivity index (χ2n) is 8.14. The van der Waals surface area contributed by atoms with Crippen molar-refractivity contribution in [2.24, 2.45) is 10.9 Å². The summed E-state index contributed by atoms with van der Waals surface area (Å²) in [4.78, 5) is 4.50. The van der Waals surface area contributed by atoms with Gasteiger partial charge in [0.15, 0.2) is 0 Å². The van der Waals surface area contributed by atoms with Crippen LogP contribution in [-0.4, -0.2) is 29.0 Å². The summed E-state index contributed by atoms with van der Waals surface area (Å²) in [6.07, 6.45) is 11.9. The van der Waals surface area contributed by atoms with Gasteiger partial charge in [-0.2, -0.15) is 0 Å². The van der Waals surface area contributed by atoms with Crippen LogP contribution in [0, 0.1) is 5.92 Å². The van der Waals surface area contributed by atoms with Crippen molar-refractivity contribution in [1.82, 2.24) is 10.2 Å². The Labute approximate surface area is 190 Å². The van der Waals surface area contributed by atoms with Crippen molar-refractivity contribution in [3.63, 3.8) is 0 Å². The van der Waals surface area contributed by atoms with Crippen molar-refractivity contribution < 1.29 is 0 Å². The van der Waals surface area contributed by atoms with Crippen LogP contribution in [0.25, 0.3) is 0 Å². The number of aromatic nitrogens is 2. The lowest BCUT2D eigenvalue weighted by Gasteiger charge is -2.29. The number of hydrogen-bond donors (Lipinski definition) is 2. The van der Waals surface area contributed by atoms with Crippen molar-refractivity contribution in [3.8, 4) is 0 Å². The first kappa shape index (κ1) is 23.2. The summed E-state index contributed by atoms with van der Waals surface area (Å²) in [5.74, 6) is 0.576. The summed E-state index contributed by atoms with van der Waals surface area (Å²) in [6.45, 7) is 8.51. The van der Waals surface area contributed by atoms with Crippen molar-refractivity contribution in [3.05, 3.63) is 59.8 Å². The normalized spacial score (nSPS) is 19.5. The number of rotatable bonds is 10. The lowest BCUT2D eigenvalue weighted by molar-refractivity contribution is 0.408. The molecule has 0 radical (unpaired) electrons. The average molecular weight is 438 g/mol. The van der Waals surface area contributed by atoms with Crippen molar-refractivity contribution in [2.45, 2.75) is 64.8 Å². The Morgan fingerprint density at radius 3 is 2.61 bits per heavy atom. The third-order valence-electron chi connectivity index (χ3n) is 5.78. The van der Waals surface area contributed by atoms with E-state index in [4.69, 9.17) is 0 Å². The van der Waals surface area contributed by atoms with E-state index >= 15 is 0 Å². The first-order valence-corrected chi connectivity index (χ1v) is 12.2. The highest BCUT2D eigenvalue weighted by molar-refractivity contribution is 7.19. The van der Waals surface area contributed by atoms with Crippen LogP contribution < -0.4 is 10.6 Å². The van der Waals surface area contributed by atoms with E-state index < -0.39 is 0 Å².